The second-order valence-electron chi connectivity index (χ2n) is 3.15. The number of nitrogens with one attached hydrogen (secondary N) is 1. The van der Waals surface area contributed by atoms with Crippen molar-refractivity contribution in [1.29, 1.82) is 0 Å². The van der Waals surface area contributed by atoms with Crippen LogP contribution in [0.2, 0.25) is 0 Å². The summed E-state index contributed by atoms with van der Waals surface area (Å²) in [6, 6.07) is 0. The van der Waals surface area contributed by atoms with Gasteiger partial charge in [-0.2, -0.15) is 0 Å². The van der Waals surface area contributed by atoms with E-state index in [9.17, 15) is 0 Å². The van der Waals surface area contributed by atoms with E-state index in [1.54, 1.807) is 0 Å². The van der Waals surface area contributed by atoms with Crippen molar-refractivity contribution >= 4 is 0 Å². The number of rotatable bonds is 7. The van der Waals surface area contributed by atoms with Gasteiger partial charge in [-0.05, 0) is 32.1 Å². The van der Waals surface area contributed by atoms with E-state index in [-0.39, 0.29) is 0 Å². The van der Waals surface area contributed by atoms with E-state index in [0.717, 1.165) is 19.6 Å². The third kappa shape index (κ3) is 5.33. The first kappa shape index (κ1) is 11.7. The molecule has 0 aliphatic carbocycles. The van der Waals surface area contributed by atoms with Gasteiger partial charge in [-0.3, -0.25) is 4.90 Å². The van der Waals surface area contributed by atoms with Crippen molar-refractivity contribution in [2.45, 2.75) is 20.3 Å². The first-order chi connectivity index (χ1) is 5.74. The van der Waals surface area contributed by atoms with Gasteiger partial charge in [-0.25, -0.2) is 0 Å². The Morgan fingerprint density at radius 2 is 2.08 bits per heavy atom. The Bertz CT molecular complexity index is 121. The highest BCUT2D eigenvalue weighted by Crippen LogP contribution is 1.96. The van der Waals surface area contributed by atoms with E-state index >= 15 is 0 Å². The van der Waals surface area contributed by atoms with E-state index in [0.29, 0.717) is 0 Å². The third-order valence-electron chi connectivity index (χ3n) is 1.86. The molecule has 0 spiro atoms. The van der Waals surface area contributed by atoms with Gasteiger partial charge in [0.05, 0.1) is 0 Å². The Kier molecular flexibility index (Phi) is 7.11. The quantitative estimate of drug-likeness (QED) is 0.582. The lowest BCUT2D eigenvalue weighted by molar-refractivity contribution is 0.311. The van der Waals surface area contributed by atoms with Crippen LogP contribution in [0.4, 0.5) is 0 Å². The first-order valence-electron chi connectivity index (χ1n) is 4.78. The maximum Gasteiger partial charge on any atom is 0.0202 e. The summed E-state index contributed by atoms with van der Waals surface area (Å²) in [7, 11) is 1.96. The van der Waals surface area contributed by atoms with Crippen molar-refractivity contribution in [3.8, 4) is 0 Å². The molecule has 0 saturated carbocycles. The Hall–Kier alpha value is -0.340. The molecule has 0 atom stereocenters. The molecule has 0 aromatic rings. The van der Waals surface area contributed by atoms with Crippen molar-refractivity contribution in [1.82, 2.24) is 10.2 Å². The molecule has 0 aromatic carbocycles. The SMILES string of the molecule is C=C(CNC)CN(CC)CCC. The summed E-state index contributed by atoms with van der Waals surface area (Å²) in [6.07, 6.45) is 1.22. The number of nitrogens with zero attached hydrogens (tertiary/aromatic N) is 1. The molecule has 2 heteroatoms. The van der Waals surface area contributed by atoms with Crippen molar-refractivity contribution in [3.63, 3.8) is 0 Å². The number of hydrogen-bond donors (Lipinski definition) is 1. The van der Waals surface area contributed by atoms with Gasteiger partial charge in [-0.1, -0.05) is 20.4 Å². The van der Waals surface area contributed by atoms with Gasteiger partial charge in [-0.15, -0.1) is 0 Å². The molecule has 12 heavy (non-hydrogen) atoms. The van der Waals surface area contributed by atoms with Crippen LogP contribution < -0.4 is 5.32 Å². The molecular weight excluding hydrogens is 148 g/mol. The monoisotopic (exact) mass is 170 g/mol. The molecule has 0 rings (SSSR count). The summed E-state index contributed by atoms with van der Waals surface area (Å²) >= 11 is 0. The molecule has 0 heterocycles. The van der Waals surface area contributed by atoms with Crippen molar-refractivity contribution in [2.75, 3.05) is 33.2 Å². The Balaban J connectivity index is 3.61. The highest BCUT2D eigenvalue weighted by molar-refractivity contribution is 4.99. The van der Waals surface area contributed by atoms with Gasteiger partial charge in [0, 0.05) is 13.1 Å². The van der Waals surface area contributed by atoms with Gasteiger partial charge in [0.1, 0.15) is 0 Å². The van der Waals surface area contributed by atoms with Crippen LogP contribution in [0, 0.1) is 0 Å². The van der Waals surface area contributed by atoms with E-state index in [4.69, 9.17) is 0 Å². The molecule has 0 radical (unpaired) electrons. The Morgan fingerprint density at radius 1 is 1.42 bits per heavy atom. The van der Waals surface area contributed by atoms with E-state index in [1.165, 1.54) is 18.5 Å². The predicted molar refractivity (Wildman–Crippen MR) is 55.5 cm³/mol. The van der Waals surface area contributed by atoms with Crippen LogP contribution in [-0.4, -0.2) is 38.1 Å². The Morgan fingerprint density at radius 3 is 2.50 bits per heavy atom. The lowest BCUT2D eigenvalue weighted by Crippen LogP contribution is -2.28. The normalized spacial score (nSPS) is 10.7. The van der Waals surface area contributed by atoms with Crippen LogP contribution in [0.3, 0.4) is 0 Å². The molecule has 0 aromatic heterocycles. The molecule has 0 fully saturated rings. The second-order valence-corrected chi connectivity index (χ2v) is 3.15. The zero-order valence-electron chi connectivity index (χ0n) is 8.69. The van der Waals surface area contributed by atoms with Crippen LogP contribution in [0.1, 0.15) is 20.3 Å². The number of hydrogen-bond acceptors (Lipinski definition) is 2. The van der Waals surface area contributed by atoms with Gasteiger partial charge >= 0.3 is 0 Å². The third-order valence-corrected chi connectivity index (χ3v) is 1.86. The average Bonchev–Trinajstić information content (AvgIpc) is 2.04. The first-order valence-corrected chi connectivity index (χ1v) is 4.78. The van der Waals surface area contributed by atoms with Gasteiger partial charge < -0.3 is 5.32 Å². The van der Waals surface area contributed by atoms with Gasteiger partial charge in [0.2, 0.25) is 0 Å². The lowest BCUT2D eigenvalue weighted by Gasteiger charge is -2.20. The van der Waals surface area contributed by atoms with Crippen molar-refractivity contribution < 1.29 is 0 Å². The molecule has 0 aliphatic heterocycles. The van der Waals surface area contributed by atoms with Crippen molar-refractivity contribution in [2.24, 2.45) is 0 Å². The van der Waals surface area contributed by atoms with Crippen LogP contribution in [0.15, 0.2) is 12.2 Å². The summed E-state index contributed by atoms with van der Waals surface area (Å²) < 4.78 is 0. The zero-order valence-corrected chi connectivity index (χ0v) is 8.69. The fourth-order valence-corrected chi connectivity index (χ4v) is 1.29. The van der Waals surface area contributed by atoms with Crippen LogP contribution in [-0.2, 0) is 0 Å². The van der Waals surface area contributed by atoms with E-state index in [1.807, 2.05) is 7.05 Å². The molecule has 72 valence electrons. The predicted octanol–water partition coefficient (Wildman–Crippen LogP) is 1.49. The topological polar surface area (TPSA) is 15.3 Å². The zero-order chi connectivity index (χ0) is 9.40. The van der Waals surface area contributed by atoms with Crippen molar-refractivity contribution in [3.05, 3.63) is 12.2 Å². The molecule has 0 unspecified atom stereocenters. The van der Waals surface area contributed by atoms with Gasteiger partial charge in [0.15, 0.2) is 0 Å². The molecule has 0 aliphatic rings. The smallest absolute Gasteiger partial charge is 0.0202 e. The summed E-state index contributed by atoms with van der Waals surface area (Å²) in [5.41, 5.74) is 1.27. The highest BCUT2D eigenvalue weighted by atomic mass is 15.1. The van der Waals surface area contributed by atoms with Crippen LogP contribution in [0.25, 0.3) is 0 Å². The molecule has 0 amide bonds. The maximum absolute atomic E-state index is 4.01. The van der Waals surface area contributed by atoms with Gasteiger partial charge in [0.25, 0.3) is 0 Å². The fraction of sp³-hybridized carbons (Fsp3) is 0.800. The summed E-state index contributed by atoms with van der Waals surface area (Å²) in [4.78, 5) is 2.42. The standard InChI is InChI=1S/C10H22N2/c1-5-7-12(6-2)9-10(3)8-11-4/h11H,3,5-9H2,1-2,4H3. The summed E-state index contributed by atoms with van der Waals surface area (Å²) in [5, 5.41) is 3.11. The lowest BCUT2D eigenvalue weighted by atomic mass is 10.2. The second kappa shape index (κ2) is 7.32. The summed E-state index contributed by atoms with van der Waals surface area (Å²) in [6.45, 7) is 12.7. The minimum atomic E-state index is 0.931. The average molecular weight is 170 g/mol. The maximum atomic E-state index is 4.01. The molecule has 2 nitrogen and oxygen atoms in total. The molecule has 0 bridgehead atoms. The highest BCUT2D eigenvalue weighted by Gasteiger charge is 2.01. The molecule has 0 saturated heterocycles. The fourth-order valence-electron chi connectivity index (χ4n) is 1.29. The van der Waals surface area contributed by atoms with E-state index in [2.05, 4.69) is 30.6 Å². The molecular formula is C10H22N2. The van der Waals surface area contributed by atoms with Crippen LogP contribution >= 0.6 is 0 Å². The van der Waals surface area contributed by atoms with E-state index < -0.39 is 0 Å². The Labute approximate surface area is 76.6 Å². The largest absolute Gasteiger partial charge is 0.316 e. The minimum Gasteiger partial charge on any atom is -0.316 e. The minimum absolute atomic E-state index is 0.931. The summed E-state index contributed by atoms with van der Waals surface area (Å²) in [5.74, 6) is 0. The van der Waals surface area contributed by atoms with Crippen LogP contribution in [0.5, 0.6) is 0 Å². The molecule has 1 N–H and O–H groups in total. The number of likely N-dealkylation sites (N-methyl/N-ethyl adjacent to an activating group) is 2.